The lowest BCUT2D eigenvalue weighted by Crippen LogP contribution is -2.42. The van der Waals surface area contributed by atoms with Crippen molar-refractivity contribution in [3.05, 3.63) is 23.8 Å². The van der Waals surface area contributed by atoms with E-state index in [-0.39, 0.29) is 68.0 Å². The quantitative estimate of drug-likeness (QED) is 0.215. The van der Waals surface area contributed by atoms with E-state index < -0.39 is 6.10 Å². The van der Waals surface area contributed by atoms with Crippen molar-refractivity contribution in [2.24, 2.45) is 29.6 Å². The van der Waals surface area contributed by atoms with Crippen LogP contribution in [0.25, 0.3) is 0 Å². The molecular formula is C28H48N2O6. The third-order valence-corrected chi connectivity index (χ3v) is 7.68. The van der Waals surface area contributed by atoms with E-state index >= 15 is 0 Å². The summed E-state index contributed by atoms with van der Waals surface area (Å²) in [7, 11) is 0. The summed E-state index contributed by atoms with van der Waals surface area (Å²) in [5, 5.41) is 34.8. The average Bonchev–Trinajstić information content (AvgIpc) is 2.84. The Morgan fingerprint density at radius 2 is 1.92 bits per heavy atom. The van der Waals surface area contributed by atoms with Gasteiger partial charge in [-0.1, -0.05) is 45.9 Å². The maximum atomic E-state index is 12.7. The number of nitrogens with one attached hydrogen (secondary N) is 2. The molecule has 36 heavy (non-hydrogen) atoms. The molecule has 8 heteroatoms. The van der Waals surface area contributed by atoms with Gasteiger partial charge in [-0.2, -0.15) is 0 Å². The standard InChI is InChI=1S/C28H48N2O6/c1-5-19(3)28(35)36-25-15-18(2)14-21-7-6-20(4)24(27(21)25)9-8-23(33)16-22(29-10-12-31)17-26(34)30-11-13-32/h6-7,14,18-20,22-25,27,29,31-33H,5,8-13,15-17H2,1-4H3,(H,30,34). The number of carbonyl (C=O) groups is 2. The Morgan fingerprint density at radius 1 is 1.19 bits per heavy atom. The summed E-state index contributed by atoms with van der Waals surface area (Å²) in [6.07, 6.45) is 9.41. The monoisotopic (exact) mass is 508 g/mol. The molecule has 1 amide bonds. The van der Waals surface area contributed by atoms with Crippen LogP contribution in [0.3, 0.4) is 0 Å². The first-order valence-electron chi connectivity index (χ1n) is 13.7. The molecule has 0 fully saturated rings. The number of aliphatic hydroxyl groups excluding tert-OH is 3. The van der Waals surface area contributed by atoms with Gasteiger partial charge in [-0.25, -0.2) is 0 Å². The highest BCUT2D eigenvalue weighted by Gasteiger charge is 2.41. The molecule has 8 nitrogen and oxygen atoms in total. The van der Waals surface area contributed by atoms with Crippen LogP contribution < -0.4 is 10.6 Å². The minimum Gasteiger partial charge on any atom is -0.461 e. The predicted molar refractivity (Wildman–Crippen MR) is 140 cm³/mol. The summed E-state index contributed by atoms with van der Waals surface area (Å²) >= 11 is 0. The van der Waals surface area contributed by atoms with Crippen LogP contribution in [0.15, 0.2) is 23.8 Å². The fourth-order valence-corrected chi connectivity index (χ4v) is 5.48. The lowest BCUT2D eigenvalue weighted by Gasteiger charge is -2.43. The van der Waals surface area contributed by atoms with Gasteiger partial charge in [0.05, 0.1) is 25.2 Å². The summed E-state index contributed by atoms with van der Waals surface area (Å²) in [6.45, 7) is 8.61. The van der Waals surface area contributed by atoms with Crippen molar-refractivity contribution in [3.63, 3.8) is 0 Å². The molecule has 0 heterocycles. The van der Waals surface area contributed by atoms with Crippen LogP contribution >= 0.6 is 0 Å². The van der Waals surface area contributed by atoms with E-state index in [0.717, 1.165) is 19.3 Å². The third-order valence-electron chi connectivity index (χ3n) is 7.68. The Kier molecular flexibility index (Phi) is 13.1. The van der Waals surface area contributed by atoms with E-state index in [9.17, 15) is 19.8 Å². The van der Waals surface area contributed by atoms with Gasteiger partial charge in [-0.15, -0.1) is 0 Å². The topological polar surface area (TPSA) is 128 Å². The molecule has 0 aromatic rings. The molecule has 0 saturated heterocycles. The normalized spacial score (nSPS) is 28.0. The SMILES string of the molecule is CCC(C)C(=O)OC1CC(C)C=C2C=CC(C)C(CCC(O)CC(CC(=O)NCCO)NCCO)C21. The van der Waals surface area contributed by atoms with Crippen LogP contribution in [0.5, 0.6) is 0 Å². The van der Waals surface area contributed by atoms with E-state index in [4.69, 9.17) is 9.84 Å². The molecule has 0 radical (unpaired) electrons. The zero-order valence-corrected chi connectivity index (χ0v) is 22.5. The Hall–Kier alpha value is -1.74. The lowest BCUT2D eigenvalue weighted by atomic mass is 9.65. The number of amides is 1. The zero-order valence-electron chi connectivity index (χ0n) is 22.5. The molecule has 5 N–H and O–H groups in total. The van der Waals surface area contributed by atoms with Crippen molar-refractivity contribution in [3.8, 4) is 0 Å². The van der Waals surface area contributed by atoms with Crippen molar-refractivity contribution in [1.29, 1.82) is 0 Å². The number of allylic oxidation sites excluding steroid dienone is 3. The molecular weight excluding hydrogens is 460 g/mol. The Bertz CT molecular complexity index is 754. The van der Waals surface area contributed by atoms with E-state index in [0.29, 0.717) is 31.2 Å². The lowest BCUT2D eigenvalue weighted by molar-refractivity contribution is -0.158. The smallest absolute Gasteiger partial charge is 0.308 e. The first-order chi connectivity index (χ1) is 17.2. The van der Waals surface area contributed by atoms with Crippen LogP contribution in [0.4, 0.5) is 0 Å². The predicted octanol–water partition coefficient (Wildman–Crippen LogP) is 2.33. The van der Waals surface area contributed by atoms with Crippen LogP contribution in [-0.4, -0.2) is 71.7 Å². The van der Waals surface area contributed by atoms with Crippen LogP contribution in [0.1, 0.15) is 66.2 Å². The van der Waals surface area contributed by atoms with Gasteiger partial charge in [-0.05, 0) is 55.4 Å². The van der Waals surface area contributed by atoms with E-state index in [1.807, 2.05) is 13.8 Å². The summed E-state index contributed by atoms with van der Waals surface area (Å²) in [5.74, 6) is 0.549. The Labute approximate surface area is 216 Å². The molecule has 0 saturated carbocycles. The largest absolute Gasteiger partial charge is 0.461 e. The van der Waals surface area contributed by atoms with Crippen molar-refractivity contribution in [2.45, 2.75) is 84.5 Å². The van der Waals surface area contributed by atoms with Gasteiger partial charge in [0.25, 0.3) is 0 Å². The molecule has 2 aliphatic rings. The maximum Gasteiger partial charge on any atom is 0.308 e. The molecule has 8 unspecified atom stereocenters. The minimum atomic E-state index is -0.610. The van der Waals surface area contributed by atoms with Crippen LogP contribution in [0.2, 0.25) is 0 Å². The van der Waals surface area contributed by atoms with Gasteiger partial charge in [-0.3, -0.25) is 9.59 Å². The molecule has 0 aromatic heterocycles. The number of hydrogen-bond donors (Lipinski definition) is 5. The Morgan fingerprint density at radius 3 is 2.58 bits per heavy atom. The van der Waals surface area contributed by atoms with Gasteiger partial charge < -0.3 is 30.7 Å². The number of hydrogen-bond acceptors (Lipinski definition) is 7. The molecule has 0 aliphatic heterocycles. The average molecular weight is 509 g/mol. The Balaban J connectivity index is 2.05. The van der Waals surface area contributed by atoms with Gasteiger partial charge in [0.15, 0.2) is 0 Å². The number of carbonyl (C=O) groups excluding carboxylic acids is 2. The van der Waals surface area contributed by atoms with Gasteiger partial charge >= 0.3 is 5.97 Å². The molecule has 0 aromatic carbocycles. The number of ether oxygens (including phenoxy) is 1. The minimum absolute atomic E-state index is 0.0528. The number of rotatable bonds is 15. The first-order valence-corrected chi connectivity index (χ1v) is 13.7. The molecule has 8 atom stereocenters. The summed E-state index contributed by atoms with van der Waals surface area (Å²) < 4.78 is 6.08. The first kappa shape index (κ1) is 30.5. The van der Waals surface area contributed by atoms with Gasteiger partial charge in [0, 0.05) is 31.5 Å². The second-order valence-electron chi connectivity index (χ2n) is 10.7. The summed E-state index contributed by atoms with van der Waals surface area (Å²) in [5.41, 5.74) is 1.23. The maximum absolute atomic E-state index is 12.7. The number of esters is 1. The van der Waals surface area contributed by atoms with E-state index in [2.05, 4.69) is 42.7 Å². The fraction of sp³-hybridized carbons (Fsp3) is 0.786. The second kappa shape index (κ2) is 15.5. The zero-order chi connectivity index (χ0) is 26.7. The molecule has 0 bridgehead atoms. The molecule has 206 valence electrons. The second-order valence-corrected chi connectivity index (χ2v) is 10.7. The van der Waals surface area contributed by atoms with E-state index in [1.165, 1.54) is 5.57 Å². The van der Waals surface area contributed by atoms with Gasteiger partial charge in [0.2, 0.25) is 5.91 Å². The fourth-order valence-electron chi connectivity index (χ4n) is 5.48. The highest BCUT2D eigenvalue weighted by atomic mass is 16.5. The number of fused-ring (bicyclic) bond motifs is 1. The van der Waals surface area contributed by atoms with Crippen molar-refractivity contribution >= 4 is 11.9 Å². The summed E-state index contributed by atoms with van der Waals surface area (Å²) in [4.78, 5) is 24.8. The highest BCUT2D eigenvalue weighted by molar-refractivity contribution is 5.76. The van der Waals surface area contributed by atoms with Crippen molar-refractivity contribution in [2.75, 3.05) is 26.3 Å². The molecule has 2 aliphatic carbocycles. The number of aliphatic hydroxyl groups is 3. The van der Waals surface area contributed by atoms with Crippen molar-refractivity contribution in [1.82, 2.24) is 10.6 Å². The van der Waals surface area contributed by atoms with Crippen LogP contribution in [0, 0.1) is 29.6 Å². The van der Waals surface area contributed by atoms with E-state index in [1.54, 1.807) is 0 Å². The molecule has 2 rings (SSSR count). The summed E-state index contributed by atoms with van der Waals surface area (Å²) in [6, 6.07) is -0.273. The highest BCUT2D eigenvalue weighted by Crippen LogP contribution is 2.45. The van der Waals surface area contributed by atoms with Crippen LogP contribution in [-0.2, 0) is 14.3 Å². The van der Waals surface area contributed by atoms with Gasteiger partial charge in [0.1, 0.15) is 6.10 Å². The molecule has 0 spiro atoms. The van der Waals surface area contributed by atoms with Crippen molar-refractivity contribution < 1.29 is 29.6 Å². The third kappa shape index (κ3) is 9.29.